The molecule has 1 aromatic rings. The Kier molecular flexibility index (Phi) is 4.41. The minimum absolute atomic E-state index is 0.0570. The van der Waals surface area contributed by atoms with Crippen LogP contribution < -0.4 is 0 Å². The summed E-state index contributed by atoms with van der Waals surface area (Å²) in [7, 11) is 0. The molecule has 0 atom stereocenters. The molecule has 0 radical (unpaired) electrons. The van der Waals surface area contributed by atoms with Crippen molar-refractivity contribution in [1.29, 1.82) is 5.26 Å². The average molecular weight is 233 g/mol. The first-order valence-corrected chi connectivity index (χ1v) is 5.14. The van der Waals surface area contributed by atoms with Crippen molar-refractivity contribution in [3.8, 4) is 6.07 Å². The van der Waals surface area contributed by atoms with Gasteiger partial charge in [-0.3, -0.25) is 0 Å². The molecule has 0 spiro atoms. The molecule has 0 bridgehead atoms. The topological polar surface area (TPSA) is 50.1 Å². The number of nitrogens with zero attached hydrogens (tertiary/aromatic N) is 1. The molecule has 88 valence electrons. The van der Waals surface area contributed by atoms with Crippen molar-refractivity contribution >= 4 is 11.5 Å². The van der Waals surface area contributed by atoms with Crippen LogP contribution in [0.4, 0.5) is 4.39 Å². The van der Waals surface area contributed by atoms with Crippen LogP contribution in [0.15, 0.2) is 29.8 Å². The Hall–Kier alpha value is -2.15. The fraction of sp³-hybridized carbons (Fsp3) is 0.231. The Morgan fingerprint density at radius 3 is 2.47 bits per heavy atom. The number of halogens is 1. The van der Waals surface area contributed by atoms with E-state index in [1.807, 2.05) is 6.07 Å². The number of carbonyl (C=O) groups is 1. The predicted molar refractivity (Wildman–Crippen MR) is 61.2 cm³/mol. The standard InChI is InChI=1S/C13H12FNO2/c1-3-17-13(16)12(8-15)9(2)10-4-6-11(14)7-5-10/h4-7H,3H2,1-2H3/b12-9-. The van der Waals surface area contributed by atoms with Crippen LogP contribution in [0.25, 0.3) is 5.57 Å². The molecule has 0 aromatic heterocycles. The van der Waals surface area contributed by atoms with E-state index in [1.54, 1.807) is 13.8 Å². The van der Waals surface area contributed by atoms with Gasteiger partial charge >= 0.3 is 5.97 Å². The summed E-state index contributed by atoms with van der Waals surface area (Å²) < 4.78 is 17.5. The number of rotatable bonds is 3. The lowest BCUT2D eigenvalue weighted by Gasteiger charge is -2.05. The van der Waals surface area contributed by atoms with Gasteiger partial charge in [-0.2, -0.15) is 5.26 Å². The molecule has 17 heavy (non-hydrogen) atoms. The average Bonchev–Trinajstić information content (AvgIpc) is 2.31. The van der Waals surface area contributed by atoms with E-state index in [4.69, 9.17) is 10.00 Å². The van der Waals surface area contributed by atoms with Gasteiger partial charge in [-0.15, -0.1) is 0 Å². The number of hydrogen-bond acceptors (Lipinski definition) is 3. The Bertz CT molecular complexity index is 483. The van der Waals surface area contributed by atoms with Crippen molar-refractivity contribution in [3.63, 3.8) is 0 Å². The molecule has 0 aliphatic carbocycles. The third-order valence-corrected chi connectivity index (χ3v) is 2.24. The molecule has 0 fully saturated rings. The normalized spacial score (nSPS) is 11.4. The molecule has 0 N–H and O–H groups in total. The molecule has 0 aliphatic rings. The highest BCUT2D eigenvalue weighted by molar-refractivity contribution is 6.01. The fourth-order valence-corrected chi connectivity index (χ4v) is 1.33. The van der Waals surface area contributed by atoms with Gasteiger partial charge in [0.25, 0.3) is 0 Å². The van der Waals surface area contributed by atoms with Crippen molar-refractivity contribution in [2.45, 2.75) is 13.8 Å². The number of carbonyl (C=O) groups excluding carboxylic acids is 1. The molecule has 0 amide bonds. The van der Waals surface area contributed by atoms with Gasteiger partial charge in [0.1, 0.15) is 17.5 Å². The first-order valence-electron chi connectivity index (χ1n) is 5.14. The molecule has 0 unspecified atom stereocenters. The molecular formula is C13H12FNO2. The van der Waals surface area contributed by atoms with Crippen molar-refractivity contribution in [1.82, 2.24) is 0 Å². The summed E-state index contributed by atoms with van der Waals surface area (Å²) in [6.45, 7) is 3.50. The largest absolute Gasteiger partial charge is 0.462 e. The van der Waals surface area contributed by atoms with Gasteiger partial charge in [-0.1, -0.05) is 12.1 Å². The summed E-state index contributed by atoms with van der Waals surface area (Å²) in [6, 6.07) is 7.39. The molecule has 0 aliphatic heterocycles. The Morgan fingerprint density at radius 2 is 2.00 bits per heavy atom. The summed E-state index contributed by atoms with van der Waals surface area (Å²) in [5, 5.41) is 8.93. The molecule has 3 nitrogen and oxygen atoms in total. The third kappa shape index (κ3) is 3.15. The second kappa shape index (κ2) is 5.80. The summed E-state index contributed by atoms with van der Waals surface area (Å²) in [6.07, 6.45) is 0. The number of hydrogen-bond donors (Lipinski definition) is 0. The summed E-state index contributed by atoms with van der Waals surface area (Å²) in [4.78, 5) is 11.5. The van der Waals surface area contributed by atoms with Crippen molar-refractivity contribution in [2.24, 2.45) is 0 Å². The smallest absolute Gasteiger partial charge is 0.349 e. The zero-order chi connectivity index (χ0) is 12.8. The highest BCUT2D eigenvalue weighted by Crippen LogP contribution is 2.19. The van der Waals surface area contributed by atoms with Gasteiger partial charge in [-0.05, 0) is 37.1 Å². The zero-order valence-electron chi connectivity index (χ0n) is 9.66. The summed E-state index contributed by atoms with van der Waals surface area (Å²) >= 11 is 0. The van der Waals surface area contributed by atoms with E-state index in [0.29, 0.717) is 11.1 Å². The van der Waals surface area contributed by atoms with E-state index >= 15 is 0 Å². The van der Waals surface area contributed by atoms with E-state index in [0.717, 1.165) is 0 Å². The van der Waals surface area contributed by atoms with E-state index < -0.39 is 5.97 Å². The molecular weight excluding hydrogens is 221 g/mol. The Labute approximate surface area is 99.1 Å². The lowest BCUT2D eigenvalue weighted by Crippen LogP contribution is -2.08. The van der Waals surface area contributed by atoms with Gasteiger partial charge in [0.2, 0.25) is 0 Å². The Balaban J connectivity index is 3.13. The molecule has 4 heteroatoms. The first-order chi connectivity index (χ1) is 8.10. The minimum atomic E-state index is -0.656. The Morgan fingerprint density at radius 1 is 1.41 bits per heavy atom. The van der Waals surface area contributed by atoms with E-state index in [9.17, 15) is 9.18 Å². The van der Waals surface area contributed by atoms with Crippen LogP contribution in [-0.4, -0.2) is 12.6 Å². The number of esters is 1. The molecule has 1 aromatic carbocycles. The molecule has 0 saturated carbocycles. The van der Waals surface area contributed by atoms with Crippen molar-refractivity contribution in [3.05, 3.63) is 41.2 Å². The fourth-order valence-electron chi connectivity index (χ4n) is 1.33. The maximum absolute atomic E-state index is 12.7. The number of benzene rings is 1. The lowest BCUT2D eigenvalue weighted by molar-refractivity contribution is -0.137. The van der Waals surface area contributed by atoms with E-state index in [2.05, 4.69) is 0 Å². The molecule has 0 heterocycles. The number of ether oxygens (including phenoxy) is 1. The highest BCUT2D eigenvalue weighted by Gasteiger charge is 2.14. The van der Waals surface area contributed by atoms with E-state index in [-0.39, 0.29) is 18.0 Å². The number of nitriles is 1. The zero-order valence-corrected chi connectivity index (χ0v) is 9.66. The van der Waals surface area contributed by atoms with Gasteiger partial charge < -0.3 is 4.74 Å². The van der Waals surface area contributed by atoms with Gasteiger partial charge in [-0.25, -0.2) is 9.18 Å². The van der Waals surface area contributed by atoms with Gasteiger partial charge in [0.15, 0.2) is 0 Å². The van der Waals surface area contributed by atoms with Crippen molar-refractivity contribution in [2.75, 3.05) is 6.61 Å². The lowest BCUT2D eigenvalue weighted by atomic mass is 10.0. The molecule has 1 rings (SSSR count). The van der Waals surface area contributed by atoms with Crippen molar-refractivity contribution < 1.29 is 13.9 Å². The highest BCUT2D eigenvalue weighted by atomic mass is 19.1. The van der Waals surface area contributed by atoms with Gasteiger partial charge in [0, 0.05) is 0 Å². The molecule has 0 saturated heterocycles. The van der Waals surface area contributed by atoms with Crippen LogP contribution in [-0.2, 0) is 9.53 Å². The third-order valence-electron chi connectivity index (χ3n) is 2.24. The second-order valence-electron chi connectivity index (χ2n) is 3.34. The maximum Gasteiger partial charge on any atom is 0.349 e. The van der Waals surface area contributed by atoms with Crippen LogP contribution in [0.2, 0.25) is 0 Å². The minimum Gasteiger partial charge on any atom is -0.462 e. The summed E-state index contributed by atoms with van der Waals surface area (Å²) in [5.41, 5.74) is 1.04. The van der Waals surface area contributed by atoms with E-state index in [1.165, 1.54) is 24.3 Å². The predicted octanol–water partition coefficient (Wildman–Crippen LogP) is 2.69. The monoisotopic (exact) mass is 233 g/mol. The van der Waals surface area contributed by atoms with Gasteiger partial charge in [0.05, 0.1) is 6.61 Å². The quantitative estimate of drug-likeness (QED) is 0.458. The van der Waals surface area contributed by atoms with Crippen LogP contribution in [0.1, 0.15) is 19.4 Å². The SMILES string of the molecule is CCOC(=O)/C(C#N)=C(/C)c1ccc(F)cc1. The maximum atomic E-state index is 12.7. The first kappa shape index (κ1) is 12.9. The summed E-state index contributed by atoms with van der Waals surface area (Å²) in [5.74, 6) is -1.02. The van der Waals surface area contributed by atoms with Crippen LogP contribution >= 0.6 is 0 Å². The van der Waals surface area contributed by atoms with Crippen LogP contribution in [0, 0.1) is 17.1 Å². The van der Waals surface area contributed by atoms with Crippen LogP contribution in [0.5, 0.6) is 0 Å². The number of allylic oxidation sites excluding steroid dienone is 1. The second-order valence-corrected chi connectivity index (χ2v) is 3.34. The van der Waals surface area contributed by atoms with Crippen LogP contribution in [0.3, 0.4) is 0 Å².